The maximum Gasteiger partial charge on any atom is 0.153 e. The number of hydrogen-bond donors (Lipinski definition) is 1. The van der Waals surface area contributed by atoms with Gasteiger partial charge in [-0.1, -0.05) is 12.1 Å². The highest BCUT2D eigenvalue weighted by molar-refractivity contribution is 5.78. The van der Waals surface area contributed by atoms with E-state index in [1.165, 1.54) is 12.1 Å². The topological polar surface area (TPSA) is 37.3 Å². The van der Waals surface area contributed by atoms with Gasteiger partial charge in [-0.15, -0.1) is 0 Å². The van der Waals surface area contributed by atoms with E-state index in [4.69, 9.17) is 6.48 Å². The van der Waals surface area contributed by atoms with Gasteiger partial charge in [0.05, 0.1) is 6.93 Å². The van der Waals surface area contributed by atoms with Crippen LogP contribution in [0, 0.1) is 0 Å². The second-order valence-corrected chi connectivity index (χ2v) is 1.59. The largest absolute Gasteiger partial charge is 0.507 e. The Morgan fingerprint density at radius 1 is 1.67 bits per heavy atom. The van der Waals surface area contributed by atoms with Gasteiger partial charge in [0.15, 0.2) is 6.29 Å². The number of carbonyl (C=O) groups excluding carboxylic acids is 1. The highest BCUT2D eigenvalue weighted by atomic mass is 16.3. The molecule has 0 amide bonds. The van der Waals surface area contributed by atoms with Gasteiger partial charge in [0, 0.05) is 0 Å². The lowest BCUT2D eigenvalue weighted by atomic mass is 10.2. The monoisotopic (exact) mass is 123 g/mol. The van der Waals surface area contributed by atoms with Gasteiger partial charge < -0.3 is 5.11 Å². The Labute approximate surface area is 54.2 Å². The molecule has 1 aromatic carbocycles. The summed E-state index contributed by atoms with van der Waals surface area (Å²) in [6, 6.07) is 4.40. The Bertz CT molecular complexity index is 258. The summed E-state index contributed by atoms with van der Waals surface area (Å²) in [4.78, 5) is 10.1. The number of phenols is 1. The van der Waals surface area contributed by atoms with E-state index in [2.05, 4.69) is 0 Å². The van der Waals surface area contributed by atoms with Gasteiger partial charge in [-0.25, -0.2) is 0 Å². The molecule has 0 unspecified atom stereocenters. The fourth-order valence-electron chi connectivity index (χ4n) is 0.536. The molecule has 0 atom stereocenters. The first-order chi connectivity index (χ1) is 4.75. The maximum absolute atomic E-state index is 10.1. The van der Waals surface area contributed by atoms with Crippen LogP contribution in [0.15, 0.2) is 24.2 Å². The van der Waals surface area contributed by atoms with Crippen molar-refractivity contribution in [1.29, 1.82) is 0 Å². The van der Waals surface area contributed by atoms with Gasteiger partial charge in [-0.3, -0.25) is 4.79 Å². The zero-order valence-corrected chi connectivity index (χ0v) is 4.66. The third-order valence-corrected chi connectivity index (χ3v) is 0.992. The highest BCUT2D eigenvalue weighted by Crippen LogP contribution is 2.11. The molecule has 0 spiro atoms. The minimum atomic E-state index is -0.252. The number of phenolic OH excluding ortho intramolecular Hbond substituents is 1. The van der Waals surface area contributed by atoms with E-state index in [1.807, 2.05) is 0 Å². The maximum atomic E-state index is 10.1. The van der Waals surface area contributed by atoms with E-state index in [0.29, 0.717) is 6.29 Å². The van der Waals surface area contributed by atoms with Crippen molar-refractivity contribution in [2.45, 2.75) is 0 Å². The average Bonchev–Trinajstić information content (AvgIpc) is 1.95. The normalized spacial score (nSPS) is 10.4. The Hall–Kier alpha value is -1.31. The molecular weight excluding hydrogens is 116 g/mol. The zero-order chi connectivity index (χ0) is 7.56. The van der Waals surface area contributed by atoms with Crippen molar-refractivity contribution in [3.05, 3.63) is 29.8 Å². The van der Waals surface area contributed by atoms with Crippen LogP contribution in [0.3, 0.4) is 0 Å². The molecule has 0 bridgehead atoms. The third kappa shape index (κ3) is 1.08. The SMILES string of the molecule is [2H]c1cccc(C=O)c1O. The second kappa shape index (κ2) is 2.31. The number of aldehydes is 1. The summed E-state index contributed by atoms with van der Waals surface area (Å²) in [5.41, 5.74) is 0.160. The minimum Gasteiger partial charge on any atom is -0.507 e. The van der Waals surface area contributed by atoms with Crippen LogP contribution in [0.5, 0.6) is 5.75 Å². The summed E-state index contributed by atoms with van der Waals surface area (Å²) in [6.07, 6.45) is 0.521. The molecule has 46 valence electrons. The van der Waals surface area contributed by atoms with Crippen molar-refractivity contribution < 1.29 is 11.3 Å². The first-order valence-electron chi connectivity index (χ1n) is 2.99. The summed E-state index contributed by atoms with van der Waals surface area (Å²) >= 11 is 0. The van der Waals surface area contributed by atoms with E-state index >= 15 is 0 Å². The number of hydrogen-bond acceptors (Lipinski definition) is 2. The smallest absolute Gasteiger partial charge is 0.153 e. The van der Waals surface area contributed by atoms with Crippen molar-refractivity contribution in [3.63, 3.8) is 0 Å². The van der Waals surface area contributed by atoms with E-state index in [9.17, 15) is 4.79 Å². The molecule has 0 fully saturated rings. The number of carbonyl (C=O) groups is 1. The number of benzene rings is 1. The molecule has 1 aromatic rings. The van der Waals surface area contributed by atoms with E-state index < -0.39 is 0 Å². The molecule has 0 saturated heterocycles. The van der Waals surface area contributed by atoms with E-state index in [-0.39, 0.29) is 17.4 Å². The molecule has 0 aliphatic rings. The molecule has 0 aliphatic carbocycles. The predicted octanol–water partition coefficient (Wildman–Crippen LogP) is 1.20. The van der Waals surface area contributed by atoms with Crippen LogP contribution in [0.4, 0.5) is 0 Å². The lowest BCUT2D eigenvalue weighted by Gasteiger charge is -1.91. The van der Waals surface area contributed by atoms with Crippen LogP contribution in [-0.2, 0) is 0 Å². The van der Waals surface area contributed by atoms with Gasteiger partial charge in [0.25, 0.3) is 0 Å². The average molecular weight is 123 g/mol. The fraction of sp³-hybridized carbons (Fsp3) is 0. The Kier molecular flexibility index (Phi) is 1.17. The summed E-state index contributed by atoms with van der Waals surface area (Å²) in [5.74, 6) is -0.252. The molecule has 0 radical (unpaired) electrons. The number of aromatic hydroxyl groups is 1. The first-order valence-corrected chi connectivity index (χ1v) is 2.49. The van der Waals surface area contributed by atoms with Gasteiger partial charge >= 0.3 is 0 Å². The molecule has 1 N–H and O–H groups in total. The quantitative estimate of drug-likeness (QED) is 0.570. The molecule has 9 heavy (non-hydrogen) atoms. The van der Waals surface area contributed by atoms with Crippen LogP contribution in [0.1, 0.15) is 11.7 Å². The lowest BCUT2D eigenvalue weighted by molar-refractivity contribution is 0.112. The summed E-state index contributed by atoms with van der Waals surface area (Å²) in [5, 5.41) is 8.98. The van der Waals surface area contributed by atoms with Gasteiger partial charge in [0.1, 0.15) is 5.75 Å². The number of para-hydroxylation sites is 1. The summed E-state index contributed by atoms with van der Waals surface area (Å²) in [7, 11) is 0. The summed E-state index contributed by atoms with van der Waals surface area (Å²) in [6.45, 7) is 0. The van der Waals surface area contributed by atoms with E-state index in [0.717, 1.165) is 0 Å². The molecule has 0 aliphatic heterocycles. The van der Waals surface area contributed by atoms with Crippen molar-refractivity contribution in [3.8, 4) is 5.75 Å². The van der Waals surface area contributed by atoms with Crippen molar-refractivity contribution >= 4 is 6.29 Å². The first kappa shape index (κ1) is 4.56. The molecule has 2 nitrogen and oxygen atoms in total. The molecule has 1 rings (SSSR count). The van der Waals surface area contributed by atoms with Crippen molar-refractivity contribution in [2.24, 2.45) is 0 Å². The molecule has 0 heterocycles. The van der Waals surface area contributed by atoms with Gasteiger partial charge in [-0.05, 0) is 12.1 Å². The van der Waals surface area contributed by atoms with Crippen LogP contribution in [0.25, 0.3) is 0 Å². The third-order valence-electron chi connectivity index (χ3n) is 0.992. The Morgan fingerprint density at radius 3 is 3.00 bits per heavy atom. The van der Waals surface area contributed by atoms with Crippen LogP contribution in [-0.4, -0.2) is 11.4 Å². The van der Waals surface area contributed by atoms with E-state index in [1.54, 1.807) is 6.07 Å². The highest BCUT2D eigenvalue weighted by Gasteiger charge is 1.93. The van der Waals surface area contributed by atoms with Gasteiger partial charge in [-0.2, -0.15) is 0 Å². The number of rotatable bonds is 1. The van der Waals surface area contributed by atoms with Crippen LogP contribution in [0.2, 0.25) is 0 Å². The van der Waals surface area contributed by atoms with Gasteiger partial charge in [0.2, 0.25) is 0 Å². The van der Waals surface area contributed by atoms with Crippen LogP contribution >= 0.6 is 0 Å². The minimum absolute atomic E-state index is 0.0235. The van der Waals surface area contributed by atoms with Crippen molar-refractivity contribution in [1.82, 2.24) is 0 Å². The van der Waals surface area contributed by atoms with Crippen LogP contribution < -0.4 is 0 Å². The molecule has 0 aromatic heterocycles. The molecule has 2 heteroatoms. The molecule has 0 saturated carbocycles. The Balaban J connectivity index is 3.27. The van der Waals surface area contributed by atoms with Crippen molar-refractivity contribution in [2.75, 3.05) is 0 Å². The zero-order valence-electron chi connectivity index (χ0n) is 5.66. The standard InChI is InChI=1S/C7H6O2/c8-5-6-3-1-2-4-7(6)9/h1-5,9H/i4D. The summed E-state index contributed by atoms with van der Waals surface area (Å²) < 4.78 is 7.05. The lowest BCUT2D eigenvalue weighted by Crippen LogP contribution is -1.77. The Morgan fingerprint density at radius 2 is 2.44 bits per heavy atom. The predicted molar refractivity (Wildman–Crippen MR) is 33.5 cm³/mol. The second-order valence-electron chi connectivity index (χ2n) is 1.59. The fourth-order valence-corrected chi connectivity index (χ4v) is 0.536. The molecular formula is C7H6O2.